The van der Waals surface area contributed by atoms with Gasteiger partial charge in [-0.2, -0.15) is 0 Å². The first-order valence-corrected chi connectivity index (χ1v) is 8.30. The Kier molecular flexibility index (Phi) is 4.55. The summed E-state index contributed by atoms with van der Waals surface area (Å²) in [5.74, 6) is -0.195. The molecule has 2 aliphatic heterocycles. The number of ether oxygens (including phenoxy) is 2. The number of hydrogen-bond donors (Lipinski definition) is 0. The molecule has 1 fully saturated rings. The molecular formula is C15H23N5O5. The molecule has 0 aliphatic carbocycles. The maximum atomic E-state index is 12.1. The monoisotopic (exact) mass is 353 g/mol. The molecule has 0 radical (unpaired) electrons. The molecule has 0 bridgehead atoms. The minimum Gasteiger partial charge on any atom is -0.444 e. The summed E-state index contributed by atoms with van der Waals surface area (Å²) in [5, 5.41) is 10.7. The van der Waals surface area contributed by atoms with Gasteiger partial charge in [0.25, 0.3) is 0 Å². The fourth-order valence-corrected chi connectivity index (χ4v) is 2.93. The van der Waals surface area contributed by atoms with Gasteiger partial charge >= 0.3 is 17.9 Å². The maximum Gasteiger partial charge on any atom is 0.414 e. The summed E-state index contributed by atoms with van der Waals surface area (Å²) in [6.07, 6.45) is 1.03. The van der Waals surface area contributed by atoms with Crippen LogP contribution in [0.1, 0.15) is 20.8 Å². The van der Waals surface area contributed by atoms with Crippen molar-refractivity contribution in [3.63, 3.8) is 0 Å². The SMILES string of the molecule is CC(C)(C)OC(=O)N1CCN(CC2Cn3cc([N+](=O)[O-])nc3O2)CC1. The minimum atomic E-state index is -0.528. The molecule has 1 saturated heterocycles. The number of aromatic nitrogens is 2. The molecule has 0 aromatic carbocycles. The summed E-state index contributed by atoms with van der Waals surface area (Å²) < 4.78 is 12.7. The predicted octanol–water partition coefficient (Wildman–Crippen LogP) is 1.10. The summed E-state index contributed by atoms with van der Waals surface area (Å²) in [6, 6.07) is 0.295. The second kappa shape index (κ2) is 6.51. The Hall–Kier alpha value is -2.36. The zero-order valence-electron chi connectivity index (χ0n) is 14.7. The third-order valence-corrected chi connectivity index (χ3v) is 4.07. The number of nitro groups is 1. The summed E-state index contributed by atoms with van der Waals surface area (Å²) in [4.78, 5) is 30.0. The fraction of sp³-hybridized carbons (Fsp3) is 0.733. The van der Waals surface area contributed by atoms with Crippen LogP contribution in [0.4, 0.5) is 10.6 Å². The van der Waals surface area contributed by atoms with Crippen LogP contribution in [0.3, 0.4) is 0 Å². The van der Waals surface area contributed by atoms with E-state index in [0.717, 1.165) is 13.1 Å². The van der Waals surface area contributed by atoms with Crippen LogP contribution in [0.15, 0.2) is 6.20 Å². The van der Waals surface area contributed by atoms with Gasteiger partial charge < -0.3 is 24.5 Å². The largest absolute Gasteiger partial charge is 0.444 e. The summed E-state index contributed by atoms with van der Waals surface area (Å²) in [7, 11) is 0. The molecule has 10 heteroatoms. The van der Waals surface area contributed by atoms with Crippen LogP contribution in [0.2, 0.25) is 0 Å². The molecule has 2 aliphatic rings. The average Bonchev–Trinajstić information content (AvgIpc) is 3.04. The van der Waals surface area contributed by atoms with Crippen molar-refractivity contribution >= 4 is 11.9 Å². The van der Waals surface area contributed by atoms with Crippen molar-refractivity contribution in [2.24, 2.45) is 0 Å². The highest BCUT2D eigenvalue weighted by atomic mass is 16.6. The topological polar surface area (TPSA) is 103 Å². The molecule has 1 aromatic rings. The highest BCUT2D eigenvalue weighted by molar-refractivity contribution is 5.68. The number of carbonyl (C=O) groups is 1. The lowest BCUT2D eigenvalue weighted by Gasteiger charge is -2.36. The third kappa shape index (κ3) is 4.19. The van der Waals surface area contributed by atoms with Gasteiger partial charge in [-0.05, 0) is 25.7 Å². The number of amides is 1. The molecule has 3 rings (SSSR count). The van der Waals surface area contributed by atoms with Gasteiger partial charge in [-0.3, -0.25) is 9.47 Å². The third-order valence-electron chi connectivity index (χ3n) is 4.07. The minimum absolute atomic E-state index is 0.0867. The van der Waals surface area contributed by atoms with Gasteiger partial charge in [-0.15, -0.1) is 0 Å². The Morgan fingerprint density at radius 3 is 2.64 bits per heavy atom. The van der Waals surface area contributed by atoms with Crippen molar-refractivity contribution in [1.82, 2.24) is 19.4 Å². The van der Waals surface area contributed by atoms with E-state index in [9.17, 15) is 14.9 Å². The highest BCUT2D eigenvalue weighted by Gasteiger charge is 2.33. The molecule has 0 spiro atoms. The lowest BCUT2D eigenvalue weighted by atomic mass is 10.2. The summed E-state index contributed by atoms with van der Waals surface area (Å²) in [5.41, 5.74) is -0.491. The van der Waals surface area contributed by atoms with E-state index < -0.39 is 10.5 Å². The molecule has 1 atom stereocenters. The van der Waals surface area contributed by atoms with Gasteiger partial charge in [-0.25, -0.2) is 4.79 Å². The van der Waals surface area contributed by atoms with Crippen LogP contribution >= 0.6 is 0 Å². The van der Waals surface area contributed by atoms with E-state index in [4.69, 9.17) is 9.47 Å². The molecular weight excluding hydrogens is 330 g/mol. The normalized spacial score (nSPS) is 20.9. The Morgan fingerprint density at radius 1 is 1.40 bits per heavy atom. The fourth-order valence-electron chi connectivity index (χ4n) is 2.93. The van der Waals surface area contributed by atoms with E-state index in [1.807, 2.05) is 20.8 Å². The van der Waals surface area contributed by atoms with Gasteiger partial charge in [0.15, 0.2) is 0 Å². The second-order valence-corrected chi connectivity index (χ2v) is 7.30. The highest BCUT2D eigenvalue weighted by Crippen LogP contribution is 2.25. The van der Waals surface area contributed by atoms with Gasteiger partial charge in [0.1, 0.15) is 17.9 Å². The predicted molar refractivity (Wildman–Crippen MR) is 87.5 cm³/mol. The number of carbonyl (C=O) groups excluding carboxylic acids is 1. The van der Waals surface area contributed by atoms with Gasteiger partial charge in [0.2, 0.25) is 0 Å². The zero-order valence-corrected chi connectivity index (χ0v) is 14.7. The number of rotatable bonds is 3. The summed E-state index contributed by atoms with van der Waals surface area (Å²) in [6.45, 7) is 9.49. The number of imidazole rings is 1. The lowest BCUT2D eigenvalue weighted by molar-refractivity contribution is -0.389. The van der Waals surface area contributed by atoms with Gasteiger partial charge in [-0.1, -0.05) is 0 Å². The van der Waals surface area contributed by atoms with Crippen molar-refractivity contribution in [3.05, 3.63) is 16.3 Å². The Bertz CT molecular complexity index is 636. The first kappa shape index (κ1) is 17.5. The van der Waals surface area contributed by atoms with E-state index in [1.54, 1.807) is 9.47 Å². The molecule has 1 amide bonds. The first-order chi connectivity index (χ1) is 11.7. The molecule has 0 N–H and O–H groups in total. The van der Waals surface area contributed by atoms with Crippen LogP contribution in [-0.4, -0.2) is 74.8 Å². The molecule has 1 aromatic heterocycles. The van der Waals surface area contributed by atoms with Crippen molar-refractivity contribution in [1.29, 1.82) is 0 Å². The zero-order chi connectivity index (χ0) is 18.2. The second-order valence-electron chi connectivity index (χ2n) is 7.30. The van der Waals surface area contributed by atoms with Crippen LogP contribution in [-0.2, 0) is 11.3 Å². The maximum absolute atomic E-state index is 12.1. The first-order valence-electron chi connectivity index (χ1n) is 8.30. The van der Waals surface area contributed by atoms with E-state index >= 15 is 0 Å². The van der Waals surface area contributed by atoms with E-state index in [2.05, 4.69) is 9.88 Å². The lowest BCUT2D eigenvalue weighted by Crippen LogP contribution is -2.51. The molecule has 3 heterocycles. The average molecular weight is 353 g/mol. The smallest absolute Gasteiger partial charge is 0.414 e. The van der Waals surface area contributed by atoms with Crippen molar-refractivity contribution in [2.75, 3.05) is 32.7 Å². The van der Waals surface area contributed by atoms with Crippen LogP contribution in [0, 0.1) is 10.1 Å². The van der Waals surface area contributed by atoms with Crippen LogP contribution < -0.4 is 4.74 Å². The van der Waals surface area contributed by atoms with Gasteiger partial charge in [0.05, 0.1) is 6.54 Å². The Morgan fingerprint density at radius 2 is 2.08 bits per heavy atom. The van der Waals surface area contributed by atoms with E-state index in [0.29, 0.717) is 32.2 Å². The number of hydrogen-bond acceptors (Lipinski definition) is 7. The standard InChI is InChI=1S/C15H23N5O5/c1-15(2,3)25-14(21)18-6-4-17(5-7-18)8-11-9-19-10-12(20(22)23)16-13(19)24-11/h10-11H,4-9H2,1-3H3. The molecule has 0 saturated carbocycles. The summed E-state index contributed by atoms with van der Waals surface area (Å²) >= 11 is 0. The van der Waals surface area contributed by atoms with Gasteiger partial charge in [0, 0.05) is 37.7 Å². The molecule has 1 unspecified atom stereocenters. The molecule has 25 heavy (non-hydrogen) atoms. The van der Waals surface area contributed by atoms with E-state index in [1.165, 1.54) is 6.20 Å². The quantitative estimate of drug-likeness (QED) is 0.592. The van der Waals surface area contributed by atoms with Crippen LogP contribution in [0.25, 0.3) is 0 Å². The Balaban J connectivity index is 1.45. The van der Waals surface area contributed by atoms with Crippen molar-refractivity contribution in [2.45, 2.75) is 39.0 Å². The number of piperazine rings is 1. The molecule has 138 valence electrons. The van der Waals surface area contributed by atoms with E-state index in [-0.39, 0.29) is 18.0 Å². The van der Waals surface area contributed by atoms with Crippen LogP contribution in [0.5, 0.6) is 6.01 Å². The molecule has 10 nitrogen and oxygen atoms in total. The van der Waals surface area contributed by atoms with Crippen molar-refractivity contribution < 1.29 is 19.2 Å². The Labute approximate surface area is 145 Å². The van der Waals surface area contributed by atoms with Crippen molar-refractivity contribution in [3.8, 4) is 6.01 Å². The number of fused-ring (bicyclic) bond motifs is 1. The number of nitrogens with zero attached hydrogens (tertiary/aromatic N) is 5.